The van der Waals surface area contributed by atoms with Gasteiger partial charge in [-0.2, -0.15) is 0 Å². The van der Waals surface area contributed by atoms with Gasteiger partial charge in [0.1, 0.15) is 0 Å². The standard InChI is InChI=1S/C18H19NO3/c1-13-6-4-8-15(10-13)18(21)22-12-17(20)19(3)16-9-5-7-14(2)11-16/h4-11H,12H2,1-3H3. The van der Waals surface area contributed by atoms with E-state index in [0.717, 1.165) is 16.8 Å². The lowest BCUT2D eigenvalue weighted by Gasteiger charge is -2.17. The molecular formula is C18H19NO3. The van der Waals surface area contributed by atoms with Gasteiger partial charge in [-0.25, -0.2) is 4.79 Å². The van der Waals surface area contributed by atoms with Crippen molar-refractivity contribution < 1.29 is 14.3 Å². The molecule has 0 aromatic heterocycles. The van der Waals surface area contributed by atoms with Crippen LogP contribution in [0, 0.1) is 13.8 Å². The Morgan fingerprint density at radius 3 is 2.27 bits per heavy atom. The quantitative estimate of drug-likeness (QED) is 0.815. The van der Waals surface area contributed by atoms with Crippen molar-refractivity contribution >= 4 is 17.6 Å². The number of likely N-dealkylation sites (N-methyl/N-ethyl adjacent to an activating group) is 1. The number of hydrogen-bond acceptors (Lipinski definition) is 3. The van der Waals surface area contributed by atoms with Crippen LogP contribution >= 0.6 is 0 Å². The molecule has 22 heavy (non-hydrogen) atoms. The van der Waals surface area contributed by atoms with Gasteiger partial charge >= 0.3 is 5.97 Å². The molecule has 0 radical (unpaired) electrons. The van der Waals surface area contributed by atoms with Crippen molar-refractivity contribution in [2.24, 2.45) is 0 Å². The summed E-state index contributed by atoms with van der Waals surface area (Å²) in [5.74, 6) is -0.763. The number of aryl methyl sites for hydroxylation is 2. The van der Waals surface area contributed by atoms with E-state index in [1.54, 1.807) is 25.2 Å². The molecule has 2 rings (SSSR count). The Morgan fingerprint density at radius 2 is 1.64 bits per heavy atom. The summed E-state index contributed by atoms with van der Waals surface area (Å²) in [5, 5.41) is 0. The molecule has 0 spiro atoms. The van der Waals surface area contributed by atoms with Gasteiger partial charge in [0.15, 0.2) is 6.61 Å². The predicted octanol–water partition coefficient (Wildman–Crippen LogP) is 3.12. The Morgan fingerprint density at radius 1 is 1.00 bits per heavy atom. The van der Waals surface area contributed by atoms with E-state index in [4.69, 9.17) is 4.74 Å². The third-order valence-corrected chi connectivity index (χ3v) is 3.34. The average Bonchev–Trinajstić information content (AvgIpc) is 2.51. The van der Waals surface area contributed by atoms with Crippen LogP contribution in [0.2, 0.25) is 0 Å². The third kappa shape index (κ3) is 3.95. The first-order valence-electron chi connectivity index (χ1n) is 7.04. The van der Waals surface area contributed by atoms with Gasteiger partial charge < -0.3 is 9.64 Å². The van der Waals surface area contributed by atoms with Crippen molar-refractivity contribution in [3.63, 3.8) is 0 Å². The molecule has 0 bridgehead atoms. The van der Waals surface area contributed by atoms with E-state index >= 15 is 0 Å². The Balaban J connectivity index is 1.96. The van der Waals surface area contributed by atoms with Gasteiger partial charge in [-0.3, -0.25) is 4.79 Å². The fourth-order valence-electron chi connectivity index (χ4n) is 2.06. The number of rotatable bonds is 4. The minimum atomic E-state index is -0.491. The number of ether oxygens (including phenoxy) is 1. The molecule has 1 amide bonds. The highest BCUT2D eigenvalue weighted by atomic mass is 16.5. The maximum absolute atomic E-state index is 12.1. The van der Waals surface area contributed by atoms with Crippen molar-refractivity contribution in [2.45, 2.75) is 13.8 Å². The Labute approximate surface area is 130 Å². The van der Waals surface area contributed by atoms with Gasteiger partial charge in [-0.15, -0.1) is 0 Å². The summed E-state index contributed by atoms with van der Waals surface area (Å²) in [6, 6.07) is 14.7. The van der Waals surface area contributed by atoms with Crippen molar-refractivity contribution in [2.75, 3.05) is 18.6 Å². The maximum Gasteiger partial charge on any atom is 0.338 e. The molecule has 0 heterocycles. The number of hydrogen-bond donors (Lipinski definition) is 0. The first-order valence-corrected chi connectivity index (χ1v) is 7.04. The number of amides is 1. The molecule has 0 atom stereocenters. The number of nitrogens with zero attached hydrogens (tertiary/aromatic N) is 1. The summed E-state index contributed by atoms with van der Waals surface area (Å²) in [5.41, 5.74) is 3.26. The van der Waals surface area contributed by atoms with E-state index in [-0.39, 0.29) is 12.5 Å². The highest BCUT2D eigenvalue weighted by Crippen LogP contribution is 2.14. The van der Waals surface area contributed by atoms with Gasteiger partial charge in [0.2, 0.25) is 0 Å². The highest BCUT2D eigenvalue weighted by Gasteiger charge is 2.14. The first-order chi connectivity index (χ1) is 10.5. The third-order valence-electron chi connectivity index (χ3n) is 3.34. The van der Waals surface area contributed by atoms with Gasteiger partial charge in [0.05, 0.1) is 5.56 Å². The van der Waals surface area contributed by atoms with E-state index in [1.165, 1.54) is 4.90 Å². The molecule has 0 saturated carbocycles. The second-order valence-electron chi connectivity index (χ2n) is 5.24. The molecule has 0 N–H and O–H groups in total. The molecule has 0 fully saturated rings. The van der Waals surface area contributed by atoms with Crippen molar-refractivity contribution in [3.05, 3.63) is 65.2 Å². The Bertz CT molecular complexity index is 694. The van der Waals surface area contributed by atoms with Crippen molar-refractivity contribution in [1.29, 1.82) is 0 Å². The normalized spacial score (nSPS) is 10.1. The maximum atomic E-state index is 12.1. The molecule has 0 aliphatic heterocycles. The fraction of sp³-hybridized carbons (Fsp3) is 0.222. The SMILES string of the molecule is Cc1cccc(C(=O)OCC(=O)N(C)c2cccc(C)c2)c1. The van der Waals surface area contributed by atoms with Crippen LogP contribution in [0.5, 0.6) is 0 Å². The van der Waals surface area contributed by atoms with E-state index < -0.39 is 5.97 Å². The van der Waals surface area contributed by atoms with Gasteiger partial charge in [0, 0.05) is 12.7 Å². The second kappa shape index (κ2) is 6.89. The minimum Gasteiger partial charge on any atom is -0.452 e. The molecule has 4 nitrogen and oxygen atoms in total. The molecule has 4 heteroatoms. The molecule has 114 valence electrons. The van der Waals surface area contributed by atoms with Crippen molar-refractivity contribution in [1.82, 2.24) is 0 Å². The van der Waals surface area contributed by atoms with Crippen LogP contribution in [-0.2, 0) is 9.53 Å². The molecule has 0 aliphatic rings. The highest BCUT2D eigenvalue weighted by molar-refractivity contribution is 5.96. The summed E-state index contributed by atoms with van der Waals surface area (Å²) in [6.07, 6.45) is 0. The van der Waals surface area contributed by atoms with E-state index in [9.17, 15) is 9.59 Å². The van der Waals surface area contributed by atoms with E-state index in [1.807, 2.05) is 44.2 Å². The van der Waals surface area contributed by atoms with Gasteiger partial charge in [-0.05, 0) is 43.7 Å². The second-order valence-corrected chi connectivity index (χ2v) is 5.24. The van der Waals surface area contributed by atoms with Crippen LogP contribution in [0.15, 0.2) is 48.5 Å². The Hall–Kier alpha value is -2.62. The lowest BCUT2D eigenvalue weighted by Crippen LogP contribution is -2.31. The predicted molar refractivity (Wildman–Crippen MR) is 86.1 cm³/mol. The first kappa shape index (κ1) is 15.8. The summed E-state index contributed by atoms with van der Waals surface area (Å²) in [4.78, 5) is 25.5. The molecule has 2 aromatic carbocycles. The molecular weight excluding hydrogens is 278 g/mol. The lowest BCUT2D eigenvalue weighted by molar-refractivity contribution is -0.121. The van der Waals surface area contributed by atoms with Crippen LogP contribution in [0.4, 0.5) is 5.69 Å². The monoisotopic (exact) mass is 297 g/mol. The molecule has 0 saturated heterocycles. The fourth-order valence-corrected chi connectivity index (χ4v) is 2.06. The largest absolute Gasteiger partial charge is 0.452 e. The van der Waals surface area contributed by atoms with Crippen molar-refractivity contribution in [3.8, 4) is 0 Å². The van der Waals surface area contributed by atoms with E-state index in [2.05, 4.69) is 0 Å². The zero-order chi connectivity index (χ0) is 16.1. The van der Waals surface area contributed by atoms with Crippen LogP contribution < -0.4 is 4.90 Å². The van der Waals surface area contributed by atoms with E-state index in [0.29, 0.717) is 5.56 Å². The van der Waals surface area contributed by atoms with Crippen LogP contribution in [-0.4, -0.2) is 25.5 Å². The molecule has 0 unspecified atom stereocenters. The zero-order valence-electron chi connectivity index (χ0n) is 13.0. The van der Waals surface area contributed by atoms with Gasteiger partial charge in [-0.1, -0.05) is 29.8 Å². The number of anilines is 1. The smallest absolute Gasteiger partial charge is 0.338 e. The summed E-state index contributed by atoms with van der Waals surface area (Å²) in [7, 11) is 1.66. The zero-order valence-corrected chi connectivity index (χ0v) is 13.0. The van der Waals surface area contributed by atoms with Gasteiger partial charge in [0.25, 0.3) is 5.91 Å². The lowest BCUT2D eigenvalue weighted by atomic mass is 10.1. The summed E-state index contributed by atoms with van der Waals surface area (Å²) >= 11 is 0. The number of carbonyl (C=O) groups excluding carboxylic acids is 2. The van der Waals surface area contributed by atoms with Crippen LogP contribution in [0.25, 0.3) is 0 Å². The summed E-state index contributed by atoms with van der Waals surface area (Å²) in [6.45, 7) is 3.57. The number of benzene rings is 2. The topological polar surface area (TPSA) is 46.6 Å². The van der Waals surface area contributed by atoms with Crippen LogP contribution in [0.3, 0.4) is 0 Å². The summed E-state index contributed by atoms with van der Waals surface area (Å²) < 4.78 is 5.09. The Kier molecular flexibility index (Phi) is 4.94. The van der Waals surface area contributed by atoms with Crippen LogP contribution in [0.1, 0.15) is 21.5 Å². The molecule has 2 aromatic rings. The number of esters is 1. The molecule has 0 aliphatic carbocycles. The number of carbonyl (C=O) groups is 2. The average molecular weight is 297 g/mol. The minimum absolute atomic E-state index is 0.272.